The smallest absolute Gasteiger partial charge is 0.242 e. The highest BCUT2D eigenvalue weighted by atomic mass is 16.3. The molecule has 1 fully saturated rings. The van der Waals surface area contributed by atoms with Gasteiger partial charge in [-0.1, -0.05) is 32.0 Å². The molecule has 19 heavy (non-hydrogen) atoms. The maximum Gasteiger partial charge on any atom is 0.242 e. The number of hydrogen-bond acceptors (Lipinski definition) is 3. The van der Waals surface area contributed by atoms with Crippen LogP contribution in [0, 0.1) is 0 Å². The average Bonchev–Trinajstić information content (AvgIpc) is 2.41. The molecule has 2 rings (SSSR count). The van der Waals surface area contributed by atoms with Crippen LogP contribution < -0.4 is 10.2 Å². The lowest BCUT2D eigenvalue weighted by atomic mass is 9.98. The Bertz CT molecular complexity index is 446. The minimum atomic E-state index is -0.265. The fourth-order valence-electron chi connectivity index (χ4n) is 2.65. The minimum Gasteiger partial charge on any atom is -0.396 e. The number of piperazine rings is 1. The van der Waals surface area contributed by atoms with Crippen LogP contribution in [0.2, 0.25) is 0 Å². The molecule has 0 aliphatic carbocycles. The molecule has 1 saturated heterocycles. The number of carbonyl (C=O) groups is 1. The molecular formula is C15H22N2O2. The van der Waals surface area contributed by atoms with E-state index in [0.29, 0.717) is 18.9 Å². The third-order valence-corrected chi connectivity index (χ3v) is 3.60. The van der Waals surface area contributed by atoms with Gasteiger partial charge < -0.3 is 15.3 Å². The zero-order chi connectivity index (χ0) is 13.8. The summed E-state index contributed by atoms with van der Waals surface area (Å²) in [6, 6.07) is 7.95. The Balaban J connectivity index is 2.35. The molecule has 4 nitrogen and oxygen atoms in total. The normalized spacial score (nSPS) is 19.7. The second-order valence-corrected chi connectivity index (χ2v) is 5.23. The first-order chi connectivity index (χ1) is 9.15. The number of hydrogen-bond donors (Lipinski definition) is 2. The fourth-order valence-corrected chi connectivity index (χ4v) is 2.65. The summed E-state index contributed by atoms with van der Waals surface area (Å²) in [6.07, 6.45) is 0.470. The minimum absolute atomic E-state index is 0.0128. The molecule has 1 aliphatic rings. The number of nitrogens with zero attached hydrogens (tertiary/aromatic N) is 1. The van der Waals surface area contributed by atoms with E-state index in [1.165, 1.54) is 5.56 Å². The molecule has 0 saturated carbocycles. The topological polar surface area (TPSA) is 52.6 Å². The highest BCUT2D eigenvalue weighted by Crippen LogP contribution is 2.29. The number of aliphatic hydroxyl groups excluding tert-OH is 1. The lowest BCUT2D eigenvalue weighted by Crippen LogP contribution is -2.56. The number of rotatable bonds is 4. The van der Waals surface area contributed by atoms with Gasteiger partial charge in [0, 0.05) is 25.4 Å². The first kappa shape index (κ1) is 13.9. The highest BCUT2D eigenvalue weighted by Gasteiger charge is 2.30. The van der Waals surface area contributed by atoms with Crippen molar-refractivity contribution in [2.75, 3.05) is 24.6 Å². The van der Waals surface area contributed by atoms with Crippen LogP contribution in [0.1, 0.15) is 31.7 Å². The van der Waals surface area contributed by atoms with Gasteiger partial charge in [0.2, 0.25) is 5.91 Å². The van der Waals surface area contributed by atoms with Crippen molar-refractivity contribution in [3.8, 4) is 0 Å². The predicted octanol–water partition coefficient (Wildman–Crippen LogP) is 1.50. The molecule has 1 unspecified atom stereocenters. The van der Waals surface area contributed by atoms with E-state index < -0.39 is 0 Å². The number of anilines is 1. The van der Waals surface area contributed by atoms with Gasteiger partial charge in [0.05, 0.1) is 0 Å². The molecule has 1 aromatic carbocycles. The van der Waals surface area contributed by atoms with Crippen molar-refractivity contribution < 1.29 is 9.90 Å². The quantitative estimate of drug-likeness (QED) is 0.864. The van der Waals surface area contributed by atoms with Crippen molar-refractivity contribution in [1.82, 2.24) is 5.32 Å². The summed E-state index contributed by atoms with van der Waals surface area (Å²) in [5.74, 6) is 0.426. The van der Waals surface area contributed by atoms with Gasteiger partial charge in [-0.05, 0) is 24.0 Å². The maximum atomic E-state index is 12.0. The Morgan fingerprint density at radius 2 is 2.16 bits per heavy atom. The zero-order valence-electron chi connectivity index (χ0n) is 11.6. The molecule has 104 valence electrons. The summed E-state index contributed by atoms with van der Waals surface area (Å²) >= 11 is 0. The molecule has 0 bridgehead atoms. The van der Waals surface area contributed by atoms with Crippen LogP contribution in [0.3, 0.4) is 0 Å². The van der Waals surface area contributed by atoms with Gasteiger partial charge in [-0.25, -0.2) is 0 Å². The second kappa shape index (κ2) is 6.06. The summed E-state index contributed by atoms with van der Waals surface area (Å²) in [4.78, 5) is 14.1. The number of nitrogens with one attached hydrogen (secondary N) is 1. The van der Waals surface area contributed by atoms with Crippen LogP contribution in [-0.2, 0) is 4.79 Å². The van der Waals surface area contributed by atoms with E-state index in [2.05, 4.69) is 36.2 Å². The third-order valence-electron chi connectivity index (χ3n) is 3.60. The summed E-state index contributed by atoms with van der Waals surface area (Å²) in [5.41, 5.74) is 2.37. The van der Waals surface area contributed by atoms with Gasteiger partial charge in [0.25, 0.3) is 0 Å². The molecule has 0 spiro atoms. The van der Waals surface area contributed by atoms with Crippen molar-refractivity contribution in [2.45, 2.75) is 32.2 Å². The third kappa shape index (κ3) is 2.89. The summed E-state index contributed by atoms with van der Waals surface area (Å²) < 4.78 is 0. The number of benzene rings is 1. The number of aliphatic hydroxyl groups is 1. The average molecular weight is 262 g/mol. The summed E-state index contributed by atoms with van der Waals surface area (Å²) in [6.45, 7) is 5.79. The van der Waals surface area contributed by atoms with Gasteiger partial charge in [-0.3, -0.25) is 4.79 Å². The van der Waals surface area contributed by atoms with Crippen LogP contribution in [0.25, 0.3) is 0 Å². The van der Waals surface area contributed by atoms with Gasteiger partial charge in [-0.2, -0.15) is 0 Å². The van der Waals surface area contributed by atoms with Crippen molar-refractivity contribution in [2.24, 2.45) is 0 Å². The Labute approximate surface area is 114 Å². The van der Waals surface area contributed by atoms with E-state index in [0.717, 1.165) is 12.2 Å². The standard InChI is InChI=1S/C15H22N2O2/c1-11(2)12-5-3-4-6-13(12)17-9-8-16-15(19)14(17)7-10-18/h3-6,11,14,18H,7-10H2,1-2H3,(H,16,19). The second-order valence-electron chi connectivity index (χ2n) is 5.23. The van der Waals surface area contributed by atoms with E-state index in [-0.39, 0.29) is 18.6 Å². The van der Waals surface area contributed by atoms with E-state index in [1.54, 1.807) is 0 Å². The largest absolute Gasteiger partial charge is 0.396 e. The molecule has 0 radical (unpaired) electrons. The fraction of sp³-hybridized carbons (Fsp3) is 0.533. The van der Waals surface area contributed by atoms with Crippen LogP contribution in [0.4, 0.5) is 5.69 Å². The predicted molar refractivity (Wildman–Crippen MR) is 76.4 cm³/mol. The molecular weight excluding hydrogens is 240 g/mol. The van der Waals surface area contributed by atoms with E-state index >= 15 is 0 Å². The molecule has 1 aromatic rings. The first-order valence-corrected chi connectivity index (χ1v) is 6.89. The Hall–Kier alpha value is -1.55. The number of carbonyl (C=O) groups excluding carboxylic acids is 1. The molecule has 1 heterocycles. The van der Waals surface area contributed by atoms with Gasteiger partial charge in [0.1, 0.15) is 6.04 Å². The Morgan fingerprint density at radius 3 is 2.84 bits per heavy atom. The van der Waals surface area contributed by atoms with Crippen LogP contribution in [-0.4, -0.2) is 36.8 Å². The number of amides is 1. The zero-order valence-corrected chi connectivity index (χ0v) is 11.6. The van der Waals surface area contributed by atoms with Crippen molar-refractivity contribution in [3.05, 3.63) is 29.8 Å². The van der Waals surface area contributed by atoms with E-state index in [9.17, 15) is 9.90 Å². The van der Waals surface area contributed by atoms with Crippen LogP contribution in [0.15, 0.2) is 24.3 Å². The molecule has 1 amide bonds. The van der Waals surface area contributed by atoms with Crippen molar-refractivity contribution in [1.29, 1.82) is 0 Å². The summed E-state index contributed by atoms with van der Waals surface area (Å²) in [5, 5.41) is 12.0. The number of para-hydroxylation sites is 1. The van der Waals surface area contributed by atoms with Gasteiger partial charge in [-0.15, -0.1) is 0 Å². The van der Waals surface area contributed by atoms with Gasteiger partial charge in [0.15, 0.2) is 0 Å². The van der Waals surface area contributed by atoms with Crippen molar-refractivity contribution in [3.63, 3.8) is 0 Å². The molecule has 1 aliphatic heterocycles. The van der Waals surface area contributed by atoms with E-state index in [1.807, 2.05) is 12.1 Å². The Morgan fingerprint density at radius 1 is 1.42 bits per heavy atom. The molecule has 1 atom stereocenters. The first-order valence-electron chi connectivity index (χ1n) is 6.89. The Kier molecular flexibility index (Phi) is 4.43. The molecule has 4 heteroatoms. The highest BCUT2D eigenvalue weighted by molar-refractivity contribution is 5.86. The van der Waals surface area contributed by atoms with Gasteiger partial charge >= 0.3 is 0 Å². The lowest BCUT2D eigenvalue weighted by Gasteiger charge is -2.38. The maximum absolute atomic E-state index is 12.0. The lowest BCUT2D eigenvalue weighted by molar-refractivity contribution is -0.123. The SMILES string of the molecule is CC(C)c1ccccc1N1CCNC(=O)C1CCO. The van der Waals surface area contributed by atoms with E-state index in [4.69, 9.17) is 0 Å². The molecule has 2 N–H and O–H groups in total. The molecule has 0 aromatic heterocycles. The summed E-state index contributed by atoms with van der Waals surface area (Å²) in [7, 11) is 0. The van der Waals surface area contributed by atoms with Crippen molar-refractivity contribution >= 4 is 11.6 Å². The van der Waals surface area contributed by atoms with Crippen LogP contribution >= 0.6 is 0 Å². The van der Waals surface area contributed by atoms with Crippen LogP contribution in [0.5, 0.6) is 0 Å². The monoisotopic (exact) mass is 262 g/mol.